The molecule has 7 atom stereocenters. The maximum Gasteiger partial charge on any atom is 0.142 e. The Balaban J connectivity index is 1.82. The zero-order valence-corrected chi connectivity index (χ0v) is 14.7. The van der Waals surface area contributed by atoms with E-state index in [1.165, 1.54) is 25.7 Å². The Labute approximate surface area is 135 Å². The molecule has 0 heterocycles. The summed E-state index contributed by atoms with van der Waals surface area (Å²) in [6.45, 7) is 9.38. The maximum atomic E-state index is 13.2. The second-order valence-corrected chi connectivity index (χ2v) is 9.99. The van der Waals surface area contributed by atoms with E-state index in [-0.39, 0.29) is 28.8 Å². The topological polar surface area (TPSA) is 37.3 Å². The van der Waals surface area contributed by atoms with Crippen molar-refractivity contribution < 1.29 is 9.90 Å². The third kappa shape index (κ3) is 1.63. The summed E-state index contributed by atoms with van der Waals surface area (Å²) >= 11 is 0. The van der Waals surface area contributed by atoms with E-state index >= 15 is 0 Å². The highest BCUT2D eigenvalue weighted by Gasteiger charge is 2.69. The summed E-state index contributed by atoms with van der Waals surface area (Å²) in [5.41, 5.74) is 0.336. The molecule has 0 radical (unpaired) electrons. The van der Waals surface area contributed by atoms with Crippen LogP contribution in [0.1, 0.15) is 72.6 Å². The average Bonchev–Trinajstić information content (AvgIpc) is 2.59. The number of carbonyl (C=O) groups is 1. The molecule has 2 nitrogen and oxygen atoms in total. The van der Waals surface area contributed by atoms with Gasteiger partial charge < -0.3 is 5.11 Å². The summed E-state index contributed by atoms with van der Waals surface area (Å²) in [6.07, 6.45) is 7.67. The van der Waals surface area contributed by atoms with Crippen molar-refractivity contribution in [1.29, 1.82) is 0 Å². The van der Waals surface area contributed by atoms with Crippen molar-refractivity contribution in [3.8, 4) is 0 Å². The quantitative estimate of drug-likeness (QED) is 0.728. The van der Waals surface area contributed by atoms with Crippen LogP contribution in [0.15, 0.2) is 0 Å². The first-order valence-electron chi connectivity index (χ1n) is 9.45. The van der Waals surface area contributed by atoms with Gasteiger partial charge in [0.25, 0.3) is 0 Å². The molecule has 4 aliphatic rings. The van der Waals surface area contributed by atoms with Gasteiger partial charge in [-0.2, -0.15) is 0 Å². The Bertz CT molecular complexity index is 510. The van der Waals surface area contributed by atoms with E-state index in [1.807, 2.05) is 0 Å². The van der Waals surface area contributed by atoms with Gasteiger partial charge in [0.2, 0.25) is 0 Å². The lowest BCUT2D eigenvalue weighted by Crippen LogP contribution is -2.61. The van der Waals surface area contributed by atoms with Crippen molar-refractivity contribution in [1.82, 2.24) is 0 Å². The van der Waals surface area contributed by atoms with Crippen LogP contribution in [0.4, 0.5) is 0 Å². The molecule has 0 unspecified atom stereocenters. The predicted octanol–water partition coefficient (Wildman–Crippen LogP) is 4.21. The molecule has 0 amide bonds. The van der Waals surface area contributed by atoms with Crippen LogP contribution in [-0.4, -0.2) is 17.0 Å². The molecule has 1 N–H and O–H groups in total. The van der Waals surface area contributed by atoms with Crippen molar-refractivity contribution in [3.05, 3.63) is 0 Å². The molecule has 4 aliphatic carbocycles. The van der Waals surface area contributed by atoms with Crippen molar-refractivity contribution in [3.63, 3.8) is 0 Å². The highest BCUT2D eigenvalue weighted by atomic mass is 16.3. The van der Waals surface area contributed by atoms with Crippen molar-refractivity contribution in [2.45, 2.75) is 78.7 Å². The van der Waals surface area contributed by atoms with E-state index in [0.29, 0.717) is 23.0 Å². The Kier molecular flexibility index (Phi) is 3.02. The van der Waals surface area contributed by atoms with Gasteiger partial charge in [0, 0.05) is 17.3 Å². The number of carbonyl (C=O) groups excluding carboxylic acids is 1. The second-order valence-electron chi connectivity index (χ2n) is 9.99. The minimum absolute atomic E-state index is 0.157. The molecule has 4 rings (SSSR count). The van der Waals surface area contributed by atoms with Crippen LogP contribution >= 0.6 is 0 Å². The van der Waals surface area contributed by atoms with E-state index in [4.69, 9.17) is 0 Å². The summed E-state index contributed by atoms with van der Waals surface area (Å²) in [4.78, 5) is 13.2. The number of aliphatic hydroxyl groups is 1. The first-order chi connectivity index (χ1) is 10.2. The minimum atomic E-state index is -0.255. The van der Waals surface area contributed by atoms with Crippen LogP contribution in [0.5, 0.6) is 0 Å². The van der Waals surface area contributed by atoms with Crippen LogP contribution in [0.25, 0.3) is 0 Å². The molecular weight excluding hydrogens is 272 g/mol. The van der Waals surface area contributed by atoms with E-state index in [1.54, 1.807) is 0 Å². The monoisotopic (exact) mass is 304 g/mol. The second kappa shape index (κ2) is 4.37. The molecule has 124 valence electrons. The third-order valence-corrected chi connectivity index (χ3v) is 8.63. The van der Waals surface area contributed by atoms with Crippen LogP contribution in [0.2, 0.25) is 0 Å². The lowest BCUT2D eigenvalue weighted by Gasteiger charge is -2.64. The highest BCUT2D eigenvalue weighted by molar-refractivity contribution is 5.90. The summed E-state index contributed by atoms with van der Waals surface area (Å²) in [5, 5.41) is 11.0. The van der Waals surface area contributed by atoms with E-state index < -0.39 is 0 Å². The fourth-order valence-corrected chi connectivity index (χ4v) is 7.91. The van der Waals surface area contributed by atoms with Crippen LogP contribution in [0.3, 0.4) is 0 Å². The molecule has 0 aromatic carbocycles. The van der Waals surface area contributed by atoms with Gasteiger partial charge in [-0.3, -0.25) is 4.79 Å². The lowest BCUT2D eigenvalue weighted by atomic mass is 9.40. The third-order valence-electron chi connectivity index (χ3n) is 8.63. The largest absolute Gasteiger partial charge is 0.393 e. The van der Waals surface area contributed by atoms with Gasteiger partial charge in [-0.1, -0.05) is 34.1 Å². The minimum Gasteiger partial charge on any atom is -0.393 e. The van der Waals surface area contributed by atoms with Crippen LogP contribution in [0, 0.1) is 39.9 Å². The van der Waals surface area contributed by atoms with E-state index in [9.17, 15) is 9.90 Å². The number of hydrogen-bond donors (Lipinski definition) is 1. The SMILES string of the molecule is C[C@H]1C(=O)[C@@]23CC[C@@H]4C(C)(C)CCC[C@@]4(C)[C@@H]2[C@H](O)C[C@@H]1C3. The smallest absolute Gasteiger partial charge is 0.142 e. The number of fused-ring (bicyclic) bond motifs is 3. The molecule has 1 spiro atoms. The molecule has 4 saturated carbocycles. The van der Waals surface area contributed by atoms with Gasteiger partial charge in [0.1, 0.15) is 5.78 Å². The fourth-order valence-electron chi connectivity index (χ4n) is 7.91. The Morgan fingerprint density at radius 2 is 1.86 bits per heavy atom. The molecule has 2 heteroatoms. The molecule has 0 aliphatic heterocycles. The summed E-state index contributed by atoms with van der Waals surface area (Å²) < 4.78 is 0. The summed E-state index contributed by atoms with van der Waals surface area (Å²) in [6, 6.07) is 0. The Hall–Kier alpha value is -0.370. The molecule has 4 fully saturated rings. The number of hydrogen-bond acceptors (Lipinski definition) is 2. The van der Waals surface area contributed by atoms with E-state index in [2.05, 4.69) is 27.7 Å². The fraction of sp³-hybridized carbons (Fsp3) is 0.950. The molecule has 0 aromatic rings. The van der Waals surface area contributed by atoms with Gasteiger partial charge in [-0.15, -0.1) is 0 Å². The zero-order chi connectivity index (χ0) is 15.9. The Morgan fingerprint density at radius 3 is 2.59 bits per heavy atom. The molecular formula is C20H32O2. The number of aliphatic hydroxyl groups excluding tert-OH is 1. The van der Waals surface area contributed by atoms with Crippen molar-refractivity contribution in [2.24, 2.45) is 39.9 Å². The summed E-state index contributed by atoms with van der Waals surface area (Å²) in [5.74, 6) is 2.00. The maximum absolute atomic E-state index is 13.2. The van der Waals surface area contributed by atoms with Gasteiger partial charge >= 0.3 is 0 Å². The first-order valence-corrected chi connectivity index (χ1v) is 9.45. The van der Waals surface area contributed by atoms with Crippen molar-refractivity contribution in [2.75, 3.05) is 0 Å². The van der Waals surface area contributed by atoms with Gasteiger partial charge in [0.15, 0.2) is 0 Å². The van der Waals surface area contributed by atoms with E-state index in [0.717, 1.165) is 19.3 Å². The molecule has 0 saturated heterocycles. The number of rotatable bonds is 0. The van der Waals surface area contributed by atoms with Crippen LogP contribution in [-0.2, 0) is 4.79 Å². The molecule has 2 bridgehead atoms. The first kappa shape index (κ1) is 15.2. The van der Waals surface area contributed by atoms with Gasteiger partial charge in [0.05, 0.1) is 6.10 Å². The normalized spacial score (nSPS) is 56.4. The molecule has 22 heavy (non-hydrogen) atoms. The summed E-state index contributed by atoms with van der Waals surface area (Å²) in [7, 11) is 0. The predicted molar refractivity (Wildman–Crippen MR) is 87.3 cm³/mol. The highest BCUT2D eigenvalue weighted by Crippen LogP contribution is 2.71. The number of Topliss-reactive ketones (excluding diaryl/α,β-unsaturated/α-hetero) is 1. The van der Waals surface area contributed by atoms with Crippen LogP contribution < -0.4 is 0 Å². The standard InChI is InChI=1S/C20H32O2/c1-12-13-10-14(21)16-19(4)8-5-7-18(2,3)15(19)6-9-20(16,11-13)17(12)22/h12-16,21H,5-11H2,1-4H3/t12-,13-,14-,15-,16+,19-,20-/m1/s1. The lowest BCUT2D eigenvalue weighted by molar-refractivity contribution is -0.187. The molecule has 0 aromatic heterocycles. The van der Waals surface area contributed by atoms with Gasteiger partial charge in [-0.25, -0.2) is 0 Å². The number of ketones is 1. The average molecular weight is 304 g/mol. The zero-order valence-electron chi connectivity index (χ0n) is 14.7. The Morgan fingerprint density at radius 1 is 1.14 bits per heavy atom. The van der Waals surface area contributed by atoms with Gasteiger partial charge in [-0.05, 0) is 61.2 Å². The van der Waals surface area contributed by atoms with Crippen molar-refractivity contribution >= 4 is 5.78 Å².